The number of aliphatic imine (C=N–C) groups is 1. The molecule has 3 N–H and O–H groups in total. The van der Waals surface area contributed by atoms with Crippen LogP contribution in [0.3, 0.4) is 0 Å². The van der Waals surface area contributed by atoms with E-state index in [4.69, 9.17) is 4.99 Å². The van der Waals surface area contributed by atoms with Crippen LogP contribution in [-0.2, 0) is 4.79 Å². The van der Waals surface area contributed by atoms with Crippen LogP contribution < -0.4 is 16.0 Å². The second kappa shape index (κ2) is 11.7. The maximum absolute atomic E-state index is 12.0. The van der Waals surface area contributed by atoms with Crippen molar-refractivity contribution in [1.82, 2.24) is 15.5 Å². The number of nitrogens with zero attached hydrogens (tertiary/aromatic N) is 2. The fraction of sp³-hybridized carbons (Fsp3) is 0.636. The fourth-order valence-electron chi connectivity index (χ4n) is 4.51. The Bertz CT molecular complexity index is 686. The van der Waals surface area contributed by atoms with Crippen molar-refractivity contribution >= 4 is 41.5 Å². The van der Waals surface area contributed by atoms with Gasteiger partial charge in [0.1, 0.15) is 0 Å². The van der Waals surface area contributed by atoms with Gasteiger partial charge in [0.2, 0.25) is 5.91 Å². The average molecular weight is 513 g/mol. The third kappa shape index (κ3) is 7.13. The molecule has 7 heteroatoms. The van der Waals surface area contributed by atoms with E-state index in [1.54, 1.807) is 0 Å². The van der Waals surface area contributed by atoms with Crippen LogP contribution in [0.1, 0.15) is 45.1 Å². The number of anilines is 1. The molecule has 0 aromatic heterocycles. The zero-order valence-electron chi connectivity index (χ0n) is 17.9. The molecule has 0 aliphatic carbocycles. The third-order valence-corrected chi connectivity index (χ3v) is 5.59. The maximum Gasteiger partial charge on any atom is 0.225 e. The van der Waals surface area contributed by atoms with E-state index in [0.29, 0.717) is 13.0 Å². The van der Waals surface area contributed by atoms with Gasteiger partial charge in [-0.1, -0.05) is 32.0 Å². The molecule has 1 aromatic rings. The molecule has 3 rings (SSSR count). The Labute approximate surface area is 192 Å². The number of likely N-dealkylation sites (tertiary alicyclic amines) is 1. The second-order valence-corrected chi connectivity index (χ2v) is 8.39. The van der Waals surface area contributed by atoms with Crippen molar-refractivity contribution in [2.75, 3.05) is 44.6 Å². The van der Waals surface area contributed by atoms with Crippen LogP contribution >= 0.6 is 24.0 Å². The Morgan fingerprint density at radius 3 is 2.66 bits per heavy atom. The van der Waals surface area contributed by atoms with Crippen LogP contribution in [0.2, 0.25) is 0 Å². The Morgan fingerprint density at radius 1 is 1.21 bits per heavy atom. The van der Waals surface area contributed by atoms with Crippen molar-refractivity contribution in [2.45, 2.75) is 39.5 Å². The molecular formula is C22H36IN5O. The first-order valence-electron chi connectivity index (χ1n) is 10.7. The Balaban J connectivity index is 0.00000300. The largest absolute Gasteiger partial charge is 0.357 e. The summed E-state index contributed by atoms with van der Waals surface area (Å²) in [6, 6.07) is 8.04. The minimum absolute atomic E-state index is 0. The molecule has 3 unspecified atom stereocenters. The summed E-state index contributed by atoms with van der Waals surface area (Å²) in [5, 5.41) is 9.76. The molecule has 1 amide bonds. The van der Waals surface area contributed by atoms with Gasteiger partial charge in [0.05, 0.1) is 6.54 Å². The van der Waals surface area contributed by atoms with Crippen molar-refractivity contribution < 1.29 is 4.79 Å². The normalized spacial score (nSPS) is 24.9. The maximum atomic E-state index is 12.0. The summed E-state index contributed by atoms with van der Waals surface area (Å²) < 4.78 is 0. The Hall–Kier alpha value is -1.35. The van der Waals surface area contributed by atoms with Crippen LogP contribution in [0.4, 0.5) is 5.69 Å². The quantitative estimate of drug-likeness (QED) is 0.311. The molecule has 0 radical (unpaired) electrons. The number of guanidine groups is 1. The molecule has 2 heterocycles. The molecule has 6 nitrogen and oxygen atoms in total. The molecule has 162 valence electrons. The standard InChI is InChI=1S/C22H35N5O.HI/c1-4-23-22(24-9-10-27-14-16(2)11-17(3)15-27)25-13-18-12-21(28)26-20-8-6-5-7-19(18)20;/h5-8,16-18H,4,9-15H2,1-3H3,(H,26,28)(H2,23,24,25);1H. The SMILES string of the molecule is CCNC(=NCC1CC(=O)Nc2ccccc21)NCCN1CC(C)CC(C)C1.I. The van der Waals surface area contributed by atoms with Crippen molar-refractivity contribution in [1.29, 1.82) is 0 Å². The number of para-hydroxylation sites is 1. The van der Waals surface area contributed by atoms with Gasteiger partial charge in [0.25, 0.3) is 0 Å². The van der Waals surface area contributed by atoms with Gasteiger partial charge < -0.3 is 20.9 Å². The van der Waals surface area contributed by atoms with Crippen LogP contribution in [0.15, 0.2) is 29.3 Å². The first-order valence-corrected chi connectivity index (χ1v) is 10.7. The van der Waals surface area contributed by atoms with Gasteiger partial charge in [0, 0.05) is 50.7 Å². The van der Waals surface area contributed by atoms with Crippen molar-refractivity contribution in [3.05, 3.63) is 29.8 Å². The van der Waals surface area contributed by atoms with Crippen LogP contribution in [0, 0.1) is 11.8 Å². The molecule has 3 atom stereocenters. The fourth-order valence-corrected chi connectivity index (χ4v) is 4.51. The third-order valence-electron chi connectivity index (χ3n) is 5.59. The van der Waals surface area contributed by atoms with Crippen LogP contribution in [-0.4, -0.2) is 56.0 Å². The number of halogens is 1. The summed E-state index contributed by atoms with van der Waals surface area (Å²) in [6.45, 7) is 12.5. The van der Waals surface area contributed by atoms with Crippen LogP contribution in [0.25, 0.3) is 0 Å². The van der Waals surface area contributed by atoms with Crippen molar-refractivity contribution in [2.24, 2.45) is 16.8 Å². The van der Waals surface area contributed by atoms with Gasteiger partial charge in [-0.25, -0.2) is 0 Å². The lowest BCUT2D eigenvalue weighted by Gasteiger charge is -2.35. The Morgan fingerprint density at radius 2 is 1.93 bits per heavy atom. The highest BCUT2D eigenvalue weighted by Crippen LogP contribution is 2.31. The molecule has 2 aliphatic heterocycles. The lowest BCUT2D eigenvalue weighted by Crippen LogP contribution is -2.45. The number of carbonyl (C=O) groups excluding carboxylic acids is 1. The van der Waals surface area contributed by atoms with Gasteiger partial charge in [-0.2, -0.15) is 0 Å². The highest BCUT2D eigenvalue weighted by Gasteiger charge is 2.24. The molecule has 0 bridgehead atoms. The number of nitrogens with one attached hydrogen (secondary N) is 3. The number of benzene rings is 1. The number of piperidine rings is 1. The van der Waals surface area contributed by atoms with Crippen LogP contribution in [0.5, 0.6) is 0 Å². The lowest BCUT2D eigenvalue weighted by molar-refractivity contribution is -0.116. The minimum Gasteiger partial charge on any atom is -0.357 e. The van der Waals surface area contributed by atoms with Crippen molar-refractivity contribution in [3.63, 3.8) is 0 Å². The molecule has 1 fully saturated rings. The highest BCUT2D eigenvalue weighted by molar-refractivity contribution is 14.0. The van der Waals surface area contributed by atoms with E-state index in [0.717, 1.165) is 43.1 Å². The summed E-state index contributed by atoms with van der Waals surface area (Å²) in [6.07, 6.45) is 1.83. The molecule has 1 saturated heterocycles. The number of hydrogen-bond donors (Lipinski definition) is 3. The number of fused-ring (bicyclic) bond motifs is 1. The zero-order chi connectivity index (χ0) is 19.9. The van der Waals surface area contributed by atoms with Gasteiger partial charge in [-0.3, -0.25) is 9.79 Å². The highest BCUT2D eigenvalue weighted by atomic mass is 127. The first-order chi connectivity index (χ1) is 13.5. The predicted molar refractivity (Wildman–Crippen MR) is 131 cm³/mol. The number of hydrogen-bond acceptors (Lipinski definition) is 3. The number of carbonyl (C=O) groups is 1. The lowest BCUT2D eigenvalue weighted by atomic mass is 9.91. The summed E-state index contributed by atoms with van der Waals surface area (Å²) >= 11 is 0. The molecule has 0 saturated carbocycles. The minimum atomic E-state index is 0. The topological polar surface area (TPSA) is 68.8 Å². The molecule has 29 heavy (non-hydrogen) atoms. The Kier molecular flexibility index (Phi) is 9.68. The van der Waals surface area contributed by atoms with E-state index < -0.39 is 0 Å². The van der Waals surface area contributed by atoms with E-state index >= 15 is 0 Å². The number of amides is 1. The molecular weight excluding hydrogens is 477 g/mol. The summed E-state index contributed by atoms with van der Waals surface area (Å²) in [5.74, 6) is 2.60. The average Bonchev–Trinajstić information content (AvgIpc) is 2.65. The van der Waals surface area contributed by atoms with E-state index in [9.17, 15) is 4.79 Å². The molecule has 2 aliphatic rings. The second-order valence-electron chi connectivity index (χ2n) is 8.39. The summed E-state index contributed by atoms with van der Waals surface area (Å²) in [7, 11) is 0. The summed E-state index contributed by atoms with van der Waals surface area (Å²) in [4.78, 5) is 19.3. The van der Waals surface area contributed by atoms with E-state index in [2.05, 4.69) is 47.7 Å². The molecule has 1 aromatic carbocycles. The smallest absolute Gasteiger partial charge is 0.225 e. The van der Waals surface area contributed by atoms with E-state index in [1.165, 1.54) is 25.1 Å². The van der Waals surface area contributed by atoms with Gasteiger partial charge >= 0.3 is 0 Å². The van der Waals surface area contributed by atoms with E-state index in [1.807, 2.05) is 18.2 Å². The summed E-state index contributed by atoms with van der Waals surface area (Å²) in [5.41, 5.74) is 2.10. The number of rotatable bonds is 6. The monoisotopic (exact) mass is 513 g/mol. The first kappa shape index (κ1) is 23.9. The van der Waals surface area contributed by atoms with Gasteiger partial charge in [-0.05, 0) is 36.8 Å². The van der Waals surface area contributed by atoms with Gasteiger partial charge in [0.15, 0.2) is 5.96 Å². The van der Waals surface area contributed by atoms with Gasteiger partial charge in [-0.15, -0.1) is 24.0 Å². The van der Waals surface area contributed by atoms with E-state index in [-0.39, 0.29) is 35.8 Å². The zero-order valence-corrected chi connectivity index (χ0v) is 20.2. The predicted octanol–water partition coefficient (Wildman–Crippen LogP) is 3.26. The molecule has 0 spiro atoms. The van der Waals surface area contributed by atoms with Crippen molar-refractivity contribution in [3.8, 4) is 0 Å².